The number of hydrogen-bond acceptors (Lipinski definition) is 3. The molecule has 0 radical (unpaired) electrons. The van der Waals surface area contributed by atoms with Crippen LogP contribution in [0.2, 0.25) is 0 Å². The highest BCUT2D eigenvalue weighted by Crippen LogP contribution is 2.46. The number of anilines is 3. The second-order valence-electron chi connectivity index (χ2n) is 20.0. The highest BCUT2D eigenvalue weighted by molar-refractivity contribution is 7.26. The van der Waals surface area contributed by atoms with Crippen LogP contribution in [0.3, 0.4) is 0 Å². The maximum absolute atomic E-state index is 2.48. The molecule has 0 unspecified atom stereocenters. The molecule has 3 heterocycles. The molecule has 0 saturated heterocycles. The molecule has 16 aromatic rings. The molecule has 13 aromatic carbocycles. The zero-order valence-corrected chi connectivity index (χ0v) is 42.7. The van der Waals surface area contributed by atoms with E-state index in [4.69, 9.17) is 0 Å². The normalized spacial score (nSPS) is 11.9. The van der Waals surface area contributed by atoms with Gasteiger partial charge in [0.15, 0.2) is 0 Å². The first-order valence-electron chi connectivity index (χ1n) is 26.0. The Morgan fingerprint density at radius 1 is 0.250 bits per heavy atom. The Bertz CT molecular complexity index is 4950. The van der Waals surface area contributed by atoms with Gasteiger partial charge < -0.3 is 9.47 Å². The van der Waals surface area contributed by atoms with Gasteiger partial charge in [-0.05, 0) is 157 Å². The van der Waals surface area contributed by atoms with Gasteiger partial charge in [-0.2, -0.15) is 0 Å². The average molecular weight is 1000 g/mol. The van der Waals surface area contributed by atoms with Crippen LogP contribution in [0.4, 0.5) is 17.1 Å². The molecule has 0 atom stereocenters. The largest absolute Gasteiger partial charge is 0.309 e. The third-order valence-corrected chi connectivity index (χ3v) is 18.1. The summed E-state index contributed by atoms with van der Waals surface area (Å²) in [5, 5.41) is 15.3. The number of hydrogen-bond donors (Lipinski definition) is 0. The molecule has 0 amide bonds. The van der Waals surface area contributed by atoms with Gasteiger partial charge >= 0.3 is 0 Å². The molecule has 2 nitrogen and oxygen atoms in total. The molecule has 0 aliphatic carbocycles. The predicted molar refractivity (Wildman–Crippen MR) is 330 cm³/mol. The lowest BCUT2D eigenvalue weighted by molar-refractivity contribution is 1.19. The second-order valence-corrected chi connectivity index (χ2v) is 22.1. The summed E-state index contributed by atoms with van der Waals surface area (Å²) in [5.74, 6) is 0. The van der Waals surface area contributed by atoms with Gasteiger partial charge in [0.2, 0.25) is 0 Å². The topological polar surface area (TPSA) is 8.17 Å². The molecule has 0 saturated carbocycles. The van der Waals surface area contributed by atoms with Crippen LogP contribution in [0.25, 0.3) is 134 Å². The molecule has 0 fully saturated rings. The summed E-state index contributed by atoms with van der Waals surface area (Å²) >= 11 is 3.73. The quantitative estimate of drug-likeness (QED) is 0.144. The van der Waals surface area contributed by atoms with E-state index < -0.39 is 0 Å². The molecule has 0 spiro atoms. The number of aromatic nitrogens is 1. The minimum Gasteiger partial charge on any atom is -0.309 e. The lowest BCUT2D eigenvalue weighted by Gasteiger charge is -2.26. The Morgan fingerprint density at radius 3 is 1.30 bits per heavy atom. The molecule has 0 aliphatic heterocycles. The first-order valence-corrected chi connectivity index (χ1v) is 27.6. The SMILES string of the molecule is c1ccc(N(c2ccc(-c3ccc4c(c3)c3cc(-c5ccc(-c6ccc7sc8ccccc8c7c6)cc5)ccc3n4-c3ccc4c5ccccc5c5ccccc5c4c3)cc2)c2cccc3c2sc2ccccc23)cc1. The van der Waals surface area contributed by atoms with Gasteiger partial charge in [-0.15, -0.1) is 22.7 Å². The monoisotopic (exact) mass is 1000 g/mol. The Kier molecular flexibility index (Phi) is 9.71. The van der Waals surface area contributed by atoms with E-state index in [-0.39, 0.29) is 0 Å². The summed E-state index contributed by atoms with van der Waals surface area (Å²) in [7, 11) is 0. The van der Waals surface area contributed by atoms with Crippen molar-refractivity contribution < 1.29 is 0 Å². The third-order valence-electron chi connectivity index (χ3n) is 15.8. The van der Waals surface area contributed by atoms with Crippen molar-refractivity contribution in [2.24, 2.45) is 0 Å². The number of para-hydroxylation sites is 1. The number of nitrogens with zero attached hydrogens (tertiary/aromatic N) is 2. The van der Waals surface area contributed by atoms with E-state index in [2.05, 4.69) is 276 Å². The molecule has 3 aromatic heterocycles. The maximum atomic E-state index is 2.48. The van der Waals surface area contributed by atoms with Crippen LogP contribution in [0.15, 0.2) is 267 Å². The first kappa shape index (κ1) is 43.1. The number of benzene rings is 13. The van der Waals surface area contributed by atoms with Crippen molar-refractivity contribution in [1.29, 1.82) is 0 Å². The zero-order chi connectivity index (χ0) is 49.8. The van der Waals surface area contributed by atoms with Crippen molar-refractivity contribution >= 4 is 134 Å². The summed E-state index contributed by atoms with van der Waals surface area (Å²) in [6.45, 7) is 0. The predicted octanol–water partition coefficient (Wildman–Crippen LogP) is 21.4. The summed E-state index contributed by atoms with van der Waals surface area (Å²) in [5.41, 5.74) is 14.1. The van der Waals surface area contributed by atoms with Crippen LogP contribution in [0.1, 0.15) is 0 Å². The van der Waals surface area contributed by atoms with Gasteiger partial charge in [-0.25, -0.2) is 0 Å². The van der Waals surface area contributed by atoms with Gasteiger partial charge in [0.25, 0.3) is 0 Å². The lowest BCUT2D eigenvalue weighted by atomic mass is 9.94. The molecule has 0 bridgehead atoms. The molecular formula is C72H44N2S2. The van der Waals surface area contributed by atoms with E-state index >= 15 is 0 Å². The standard InChI is InChI=1S/C72H44N2S2/c1-2-13-51(14-3-1)73(68-22-12-21-61-59-19-8-11-24-70(59)76-72(61)68)52-34-29-47(30-35-52)49-32-39-67-64(42-49)63-41-48(45-25-27-46(28-26-45)50-33-40-71-65(43-50)60-20-9-10-23-69(60)75-71)31-38-66(63)74(67)53-36-37-58-56-17-5-4-15-54(56)55-16-6-7-18-57(55)62(58)44-53/h1-44H. The third kappa shape index (κ3) is 6.78. The summed E-state index contributed by atoms with van der Waals surface area (Å²) in [6.07, 6.45) is 0. The van der Waals surface area contributed by atoms with Crippen molar-refractivity contribution in [1.82, 2.24) is 4.57 Å². The molecule has 354 valence electrons. The van der Waals surface area contributed by atoms with Crippen LogP contribution >= 0.6 is 22.7 Å². The average Bonchev–Trinajstić information content (AvgIpc) is 4.31. The smallest absolute Gasteiger partial charge is 0.0640 e. The van der Waals surface area contributed by atoms with Crippen molar-refractivity contribution in [3.63, 3.8) is 0 Å². The van der Waals surface area contributed by atoms with Crippen molar-refractivity contribution in [3.05, 3.63) is 267 Å². The number of thiophene rings is 2. The van der Waals surface area contributed by atoms with Gasteiger partial charge in [0, 0.05) is 63.5 Å². The van der Waals surface area contributed by atoms with Gasteiger partial charge in [-0.1, -0.05) is 176 Å². The Labute approximate surface area is 446 Å². The number of rotatable bonds is 7. The maximum Gasteiger partial charge on any atom is 0.0640 e. The van der Waals surface area contributed by atoms with E-state index in [1.54, 1.807) is 0 Å². The fourth-order valence-corrected chi connectivity index (χ4v) is 14.5. The fraction of sp³-hybridized carbons (Fsp3) is 0. The van der Waals surface area contributed by atoms with Crippen molar-refractivity contribution in [2.75, 3.05) is 4.90 Å². The molecule has 76 heavy (non-hydrogen) atoms. The van der Waals surface area contributed by atoms with Gasteiger partial charge in [0.1, 0.15) is 0 Å². The highest BCUT2D eigenvalue weighted by atomic mass is 32.1. The molecule has 16 rings (SSSR count). The highest BCUT2D eigenvalue weighted by Gasteiger charge is 2.20. The first-order chi connectivity index (χ1) is 37.7. The molecule has 4 heteroatoms. The van der Waals surface area contributed by atoms with Gasteiger partial charge in [-0.3, -0.25) is 0 Å². The van der Waals surface area contributed by atoms with E-state index in [1.165, 1.54) is 134 Å². The Hall–Kier alpha value is -9.32. The lowest BCUT2D eigenvalue weighted by Crippen LogP contribution is -2.09. The molecule has 0 N–H and O–H groups in total. The van der Waals surface area contributed by atoms with Crippen LogP contribution in [0.5, 0.6) is 0 Å². The molecule has 0 aliphatic rings. The molecular weight excluding hydrogens is 957 g/mol. The van der Waals surface area contributed by atoms with Crippen LogP contribution in [-0.4, -0.2) is 4.57 Å². The summed E-state index contributed by atoms with van der Waals surface area (Å²) in [4.78, 5) is 2.41. The van der Waals surface area contributed by atoms with E-state index in [1.807, 2.05) is 22.7 Å². The second kappa shape index (κ2) is 17.1. The van der Waals surface area contributed by atoms with Crippen LogP contribution < -0.4 is 4.90 Å². The summed E-state index contributed by atoms with van der Waals surface area (Å²) < 4.78 is 7.72. The Morgan fingerprint density at radius 2 is 0.684 bits per heavy atom. The fourth-order valence-electron chi connectivity index (χ4n) is 12.2. The van der Waals surface area contributed by atoms with Crippen LogP contribution in [-0.2, 0) is 0 Å². The van der Waals surface area contributed by atoms with E-state index in [0.29, 0.717) is 0 Å². The zero-order valence-electron chi connectivity index (χ0n) is 41.1. The van der Waals surface area contributed by atoms with E-state index in [9.17, 15) is 0 Å². The summed E-state index contributed by atoms with van der Waals surface area (Å²) in [6, 6.07) is 99.0. The van der Waals surface area contributed by atoms with Crippen molar-refractivity contribution in [3.8, 4) is 39.1 Å². The van der Waals surface area contributed by atoms with E-state index in [0.717, 1.165) is 17.1 Å². The van der Waals surface area contributed by atoms with Crippen LogP contribution in [0, 0.1) is 0 Å². The minimum absolute atomic E-state index is 1.12. The minimum atomic E-state index is 1.12. The number of fused-ring (bicyclic) bond motifs is 15. The van der Waals surface area contributed by atoms with Gasteiger partial charge in [0.05, 0.1) is 21.4 Å². The van der Waals surface area contributed by atoms with Crippen molar-refractivity contribution in [2.45, 2.75) is 0 Å². The Balaban J connectivity index is 0.837.